The van der Waals surface area contributed by atoms with Gasteiger partial charge in [0.15, 0.2) is 8.32 Å². The molecule has 20 heavy (non-hydrogen) atoms. The van der Waals surface area contributed by atoms with Gasteiger partial charge in [-0.3, -0.25) is 0 Å². The molecule has 2 N–H and O–H groups in total. The molecular formula is C15H27N3OSi. The lowest BCUT2D eigenvalue weighted by Gasteiger charge is -2.38. The molecule has 1 aromatic rings. The third-order valence-corrected chi connectivity index (χ3v) is 9.30. The van der Waals surface area contributed by atoms with Crippen molar-refractivity contribution in [3.63, 3.8) is 0 Å². The Balaban J connectivity index is 2.00. The molecular weight excluding hydrogens is 266 g/mol. The zero-order chi connectivity index (χ0) is 15.0. The number of rotatable bonds is 3. The third-order valence-electron chi connectivity index (χ3n) is 4.77. The number of aromatic nitrogens is 2. The first-order valence-corrected chi connectivity index (χ1v) is 10.4. The Morgan fingerprint density at radius 1 is 1.30 bits per heavy atom. The molecule has 0 spiro atoms. The van der Waals surface area contributed by atoms with E-state index in [-0.39, 0.29) is 5.04 Å². The highest BCUT2D eigenvalue weighted by Gasteiger charge is 2.41. The van der Waals surface area contributed by atoms with Gasteiger partial charge in [0.05, 0.1) is 0 Å². The highest BCUT2D eigenvalue weighted by Crippen LogP contribution is 2.42. The third kappa shape index (κ3) is 3.38. The van der Waals surface area contributed by atoms with Crippen LogP contribution in [-0.4, -0.2) is 24.4 Å². The second kappa shape index (κ2) is 5.45. The van der Waals surface area contributed by atoms with Gasteiger partial charge in [0.2, 0.25) is 5.95 Å². The van der Waals surface area contributed by atoms with Crippen molar-refractivity contribution in [3.8, 4) is 0 Å². The van der Waals surface area contributed by atoms with Crippen LogP contribution in [0.1, 0.15) is 51.6 Å². The zero-order valence-electron chi connectivity index (χ0n) is 13.3. The quantitative estimate of drug-likeness (QED) is 0.863. The Bertz CT molecular complexity index is 470. The molecule has 0 saturated heterocycles. The maximum absolute atomic E-state index is 6.51. The van der Waals surface area contributed by atoms with Crippen LogP contribution in [0, 0.1) is 0 Å². The highest BCUT2D eigenvalue weighted by molar-refractivity contribution is 6.74. The SMILES string of the molecule is CC(C)(C)[Si](C)(C)OC1CCC(c2ccnc(N)n2)C1. The molecule has 5 heteroatoms. The van der Waals surface area contributed by atoms with Crippen molar-refractivity contribution in [1.29, 1.82) is 0 Å². The molecule has 1 aliphatic carbocycles. The van der Waals surface area contributed by atoms with Gasteiger partial charge < -0.3 is 10.2 Å². The summed E-state index contributed by atoms with van der Waals surface area (Å²) in [7, 11) is -1.67. The summed E-state index contributed by atoms with van der Waals surface area (Å²) in [4.78, 5) is 8.32. The summed E-state index contributed by atoms with van der Waals surface area (Å²) in [6.07, 6.45) is 5.44. The summed E-state index contributed by atoms with van der Waals surface area (Å²) in [5, 5.41) is 0.268. The lowest BCUT2D eigenvalue weighted by atomic mass is 10.0. The molecule has 0 radical (unpaired) electrons. The van der Waals surface area contributed by atoms with Crippen LogP contribution in [0.3, 0.4) is 0 Å². The van der Waals surface area contributed by atoms with Gasteiger partial charge in [-0.2, -0.15) is 0 Å². The van der Waals surface area contributed by atoms with Crippen LogP contribution in [0.2, 0.25) is 18.1 Å². The minimum atomic E-state index is -1.67. The summed E-state index contributed by atoms with van der Waals surface area (Å²) in [5.74, 6) is 0.839. The van der Waals surface area contributed by atoms with E-state index in [2.05, 4.69) is 43.8 Å². The fraction of sp³-hybridized carbons (Fsp3) is 0.733. The molecule has 2 rings (SSSR count). The van der Waals surface area contributed by atoms with Crippen molar-refractivity contribution in [2.24, 2.45) is 0 Å². The van der Waals surface area contributed by atoms with Gasteiger partial charge in [-0.15, -0.1) is 0 Å². The van der Waals surface area contributed by atoms with E-state index in [1.807, 2.05) is 6.07 Å². The average molecular weight is 293 g/mol. The first kappa shape index (κ1) is 15.4. The number of nitrogen functional groups attached to an aromatic ring is 1. The minimum absolute atomic E-state index is 0.268. The Morgan fingerprint density at radius 3 is 2.60 bits per heavy atom. The van der Waals surface area contributed by atoms with Crippen molar-refractivity contribution < 1.29 is 4.43 Å². The van der Waals surface area contributed by atoms with Crippen LogP contribution in [0.15, 0.2) is 12.3 Å². The molecule has 0 aromatic carbocycles. The molecule has 1 aromatic heterocycles. The fourth-order valence-electron chi connectivity index (χ4n) is 2.53. The van der Waals surface area contributed by atoms with Gasteiger partial charge >= 0.3 is 0 Å². The van der Waals surface area contributed by atoms with Crippen molar-refractivity contribution in [2.75, 3.05) is 5.73 Å². The molecule has 2 unspecified atom stereocenters. The van der Waals surface area contributed by atoms with E-state index in [4.69, 9.17) is 10.2 Å². The maximum Gasteiger partial charge on any atom is 0.220 e. The van der Waals surface area contributed by atoms with E-state index in [1.54, 1.807) is 6.20 Å². The molecule has 2 atom stereocenters. The van der Waals surface area contributed by atoms with E-state index < -0.39 is 8.32 Å². The topological polar surface area (TPSA) is 61.0 Å². The van der Waals surface area contributed by atoms with Crippen LogP contribution >= 0.6 is 0 Å². The summed E-state index contributed by atoms with van der Waals surface area (Å²) in [5.41, 5.74) is 6.74. The fourth-order valence-corrected chi connectivity index (χ4v) is 3.93. The predicted molar refractivity (Wildman–Crippen MR) is 85.1 cm³/mol. The van der Waals surface area contributed by atoms with Crippen LogP contribution in [0.5, 0.6) is 0 Å². The largest absolute Gasteiger partial charge is 0.414 e. The zero-order valence-corrected chi connectivity index (χ0v) is 14.3. The molecule has 1 aliphatic rings. The molecule has 0 aliphatic heterocycles. The van der Waals surface area contributed by atoms with Crippen LogP contribution < -0.4 is 5.73 Å². The van der Waals surface area contributed by atoms with Crippen molar-refractivity contribution in [3.05, 3.63) is 18.0 Å². The molecule has 1 fully saturated rings. The number of hydrogen-bond acceptors (Lipinski definition) is 4. The smallest absolute Gasteiger partial charge is 0.220 e. The van der Waals surface area contributed by atoms with E-state index >= 15 is 0 Å². The van der Waals surface area contributed by atoms with Crippen molar-refractivity contribution in [2.45, 2.75) is 70.2 Å². The standard InChI is InChI=1S/C15H27N3OSi/c1-15(2,3)20(4,5)19-12-7-6-11(10-12)13-8-9-17-14(16)18-13/h8-9,11-12H,6-7,10H2,1-5H3,(H2,16,17,18). The van der Waals surface area contributed by atoms with E-state index in [0.29, 0.717) is 18.0 Å². The first-order chi connectivity index (χ1) is 9.19. The summed E-state index contributed by atoms with van der Waals surface area (Å²) >= 11 is 0. The van der Waals surface area contributed by atoms with Gasteiger partial charge in [0, 0.05) is 23.9 Å². The Kier molecular flexibility index (Phi) is 4.21. The lowest BCUT2D eigenvalue weighted by molar-refractivity contribution is 0.186. The van der Waals surface area contributed by atoms with Crippen LogP contribution in [-0.2, 0) is 4.43 Å². The Morgan fingerprint density at radius 2 is 2.00 bits per heavy atom. The van der Waals surface area contributed by atoms with Gasteiger partial charge in [0.1, 0.15) is 0 Å². The molecule has 4 nitrogen and oxygen atoms in total. The Hall–Kier alpha value is -0.943. The minimum Gasteiger partial charge on any atom is -0.414 e. The summed E-state index contributed by atoms with van der Waals surface area (Å²) in [6.45, 7) is 11.5. The second-order valence-electron chi connectivity index (χ2n) is 7.35. The van der Waals surface area contributed by atoms with Crippen molar-refractivity contribution >= 4 is 14.3 Å². The second-order valence-corrected chi connectivity index (χ2v) is 12.1. The molecule has 1 saturated carbocycles. The lowest BCUT2D eigenvalue weighted by Crippen LogP contribution is -2.43. The summed E-state index contributed by atoms with van der Waals surface area (Å²) in [6, 6.07) is 1.98. The highest BCUT2D eigenvalue weighted by atomic mass is 28.4. The normalized spacial score (nSPS) is 24.1. The van der Waals surface area contributed by atoms with Gasteiger partial charge in [-0.1, -0.05) is 20.8 Å². The van der Waals surface area contributed by atoms with E-state index in [0.717, 1.165) is 25.0 Å². The first-order valence-electron chi connectivity index (χ1n) is 7.45. The monoisotopic (exact) mass is 293 g/mol. The van der Waals surface area contributed by atoms with Crippen LogP contribution in [0.25, 0.3) is 0 Å². The average Bonchev–Trinajstić information content (AvgIpc) is 2.75. The summed E-state index contributed by atoms with van der Waals surface area (Å²) < 4.78 is 6.51. The molecule has 112 valence electrons. The van der Waals surface area contributed by atoms with E-state index in [9.17, 15) is 0 Å². The molecule has 0 amide bonds. The van der Waals surface area contributed by atoms with Crippen molar-refractivity contribution in [1.82, 2.24) is 9.97 Å². The number of nitrogens with two attached hydrogens (primary N) is 1. The molecule has 0 bridgehead atoms. The Labute approximate surface area is 123 Å². The number of hydrogen-bond donors (Lipinski definition) is 1. The van der Waals surface area contributed by atoms with Crippen LogP contribution in [0.4, 0.5) is 5.95 Å². The van der Waals surface area contributed by atoms with E-state index in [1.165, 1.54) is 0 Å². The number of anilines is 1. The predicted octanol–water partition coefficient (Wildman–Crippen LogP) is 3.72. The molecule has 1 heterocycles. The van der Waals surface area contributed by atoms with Gasteiger partial charge in [0.25, 0.3) is 0 Å². The number of nitrogens with zero attached hydrogens (tertiary/aromatic N) is 2. The van der Waals surface area contributed by atoms with Gasteiger partial charge in [-0.05, 0) is 43.5 Å². The van der Waals surface area contributed by atoms with Gasteiger partial charge in [-0.25, -0.2) is 9.97 Å². The maximum atomic E-state index is 6.51.